The third kappa shape index (κ3) is 5.72. The van der Waals surface area contributed by atoms with Gasteiger partial charge in [-0.15, -0.1) is 0 Å². The van der Waals surface area contributed by atoms with Crippen LogP contribution in [0.3, 0.4) is 0 Å². The second kappa shape index (κ2) is 9.94. The van der Waals surface area contributed by atoms with E-state index in [1.54, 1.807) is 25.3 Å². The number of fused-ring (bicyclic) bond motifs is 1. The van der Waals surface area contributed by atoms with Gasteiger partial charge in [-0.05, 0) is 55.5 Å². The summed E-state index contributed by atoms with van der Waals surface area (Å²) >= 11 is 0. The molecule has 4 nitrogen and oxygen atoms in total. The number of aliphatic hydroxyl groups excluding tert-OH is 1. The Morgan fingerprint density at radius 3 is 2.86 bits per heavy atom. The first kappa shape index (κ1) is 20.7. The van der Waals surface area contributed by atoms with Crippen molar-refractivity contribution in [3.05, 3.63) is 72.7 Å². The number of benzene rings is 2. The summed E-state index contributed by atoms with van der Waals surface area (Å²) in [5, 5.41) is 10.1. The van der Waals surface area contributed by atoms with E-state index in [1.807, 2.05) is 36.4 Å². The lowest BCUT2D eigenvalue weighted by Gasteiger charge is -2.07. The van der Waals surface area contributed by atoms with Gasteiger partial charge in [0.25, 0.3) is 0 Å². The number of hydrogen-bond acceptors (Lipinski definition) is 4. The number of allylic oxidation sites excluding steroid dienone is 1. The Hall–Kier alpha value is -3.05. The molecular weight excluding hydrogens is 367 g/mol. The molecule has 1 aromatic heterocycles. The number of rotatable bonds is 9. The van der Waals surface area contributed by atoms with Crippen LogP contribution in [0.1, 0.15) is 31.7 Å². The molecule has 0 amide bonds. The molecule has 0 saturated carbocycles. The number of aliphatic hydroxyl groups is 1. The maximum Gasteiger partial charge on any atom is 0.317 e. The Morgan fingerprint density at radius 2 is 2.10 bits per heavy atom. The van der Waals surface area contributed by atoms with Gasteiger partial charge in [-0.2, -0.15) is 4.98 Å². The van der Waals surface area contributed by atoms with Crippen molar-refractivity contribution in [2.75, 3.05) is 6.61 Å². The fraction of sp³-hybridized carbons (Fsp3) is 0.250. The molecule has 0 bridgehead atoms. The second-order valence-electron chi connectivity index (χ2n) is 6.95. The summed E-state index contributed by atoms with van der Waals surface area (Å²) in [6, 6.07) is 11.1. The molecule has 1 N–H and O–H groups in total. The molecule has 3 aromatic rings. The van der Waals surface area contributed by atoms with E-state index in [0.29, 0.717) is 18.2 Å². The van der Waals surface area contributed by atoms with Crippen LogP contribution in [0.15, 0.2) is 61.3 Å². The fourth-order valence-electron chi connectivity index (χ4n) is 3.01. The van der Waals surface area contributed by atoms with E-state index in [-0.39, 0.29) is 11.9 Å². The lowest BCUT2D eigenvalue weighted by atomic mass is 10.0. The highest BCUT2D eigenvalue weighted by Crippen LogP contribution is 2.27. The number of halogens is 1. The van der Waals surface area contributed by atoms with E-state index in [4.69, 9.17) is 4.74 Å². The molecule has 0 radical (unpaired) electrons. The monoisotopic (exact) mass is 392 g/mol. The highest BCUT2D eigenvalue weighted by atomic mass is 19.1. The molecule has 1 atom stereocenters. The van der Waals surface area contributed by atoms with Crippen LogP contribution in [-0.2, 0) is 0 Å². The maximum atomic E-state index is 14.7. The molecule has 0 saturated heterocycles. The first-order valence-corrected chi connectivity index (χ1v) is 9.72. The summed E-state index contributed by atoms with van der Waals surface area (Å²) in [5.41, 5.74) is 2.85. The Bertz CT molecular complexity index is 1010. The van der Waals surface area contributed by atoms with Crippen molar-refractivity contribution in [1.82, 2.24) is 9.97 Å². The fourth-order valence-corrected chi connectivity index (χ4v) is 3.01. The average Bonchev–Trinajstić information content (AvgIpc) is 2.71. The van der Waals surface area contributed by atoms with Crippen LogP contribution in [0.2, 0.25) is 0 Å². The summed E-state index contributed by atoms with van der Waals surface area (Å²) < 4.78 is 20.0. The van der Waals surface area contributed by atoms with E-state index >= 15 is 0 Å². The van der Waals surface area contributed by atoms with E-state index in [2.05, 4.69) is 16.5 Å². The first-order chi connectivity index (χ1) is 14.1. The predicted octanol–water partition coefficient (Wildman–Crippen LogP) is 5.57. The molecule has 1 heterocycles. The van der Waals surface area contributed by atoms with Gasteiger partial charge in [0.15, 0.2) is 0 Å². The van der Waals surface area contributed by atoms with Crippen molar-refractivity contribution >= 4 is 17.0 Å². The highest BCUT2D eigenvalue weighted by molar-refractivity contribution is 5.84. The van der Waals surface area contributed by atoms with Crippen LogP contribution in [0.5, 0.6) is 6.01 Å². The minimum Gasteiger partial charge on any atom is -0.459 e. The average molecular weight is 392 g/mol. The van der Waals surface area contributed by atoms with Gasteiger partial charge in [0.2, 0.25) is 0 Å². The van der Waals surface area contributed by atoms with Crippen molar-refractivity contribution in [3.8, 4) is 17.1 Å². The molecule has 0 aliphatic rings. The van der Waals surface area contributed by atoms with E-state index in [0.717, 1.165) is 41.3 Å². The van der Waals surface area contributed by atoms with Crippen molar-refractivity contribution < 1.29 is 14.2 Å². The zero-order valence-electron chi connectivity index (χ0n) is 16.5. The number of ether oxygens (including phenoxy) is 1. The summed E-state index contributed by atoms with van der Waals surface area (Å²) in [5.74, 6) is -0.276. The van der Waals surface area contributed by atoms with Gasteiger partial charge in [0.1, 0.15) is 12.4 Å². The minimum absolute atomic E-state index is 0.276. The van der Waals surface area contributed by atoms with Crippen molar-refractivity contribution in [2.45, 2.75) is 32.3 Å². The summed E-state index contributed by atoms with van der Waals surface area (Å²) in [7, 11) is 0. The molecule has 0 aliphatic heterocycles. The summed E-state index contributed by atoms with van der Waals surface area (Å²) in [6.07, 6.45) is 9.49. The molecule has 150 valence electrons. The van der Waals surface area contributed by atoms with Crippen molar-refractivity contribution in [1.29, 1.82) is 0 Å². The van der Waals surface area contributed by atoms with Crippen LogP contribution >= 0.6 is 0 Å². The predicted molar refractivity (Wildman–Crippen MR) is 115 cm³/mol. The van der Waals surface area contributed by atoms with Gasteiger partial charge >= 0.3 is 6.01 Å². The largest absolute Gasteiger partial charge is 0.459 e. The smallest absolute Gasteiger partial charge is 0.317 e. The first-order valence-electron chi connectivity index (χ1n) is 9.72. The van der Waals surface area contributed by atoms with Crippen LogP contribution in [-0.4, -0.2) is 27.8 Å². The molecule has 0 fully saturated rings. The van der Waals surface area contributed by atoms with Crippen LogP contribution in [0.25, 0.3) is 28.1 Å². The van der Waals surface area contributed by atoms with Crippen LogP contribution in [0, 0.1) is 5.82 Å². The molecule has 0 aliphatic carbocycles. The van der Waals surface area contributed by atoms with Gasteiger partial charge in [0, 0.05) is 17.1 Å². The molecule has 0 spiro atoms. The van der Waals surface area contributed by atoms with Crippen LogP contribution in [0.4, 0.5) is 4.39 Å². The molecular formula is C24H25FN2O2. The molecule has 1 unspecified atom stereocenters. The molecule has 5 heteroatoms. The Kier molecular flexibility index (Phi) is 7.09. The van der Waals surface area contributed by atoms with E-state index in [1.165, 1.54) is 6.07 Å². The van der Waals surface area contributed by atoms with Gasteiger partial charge < -0.3 is 9.84 Å². The number of nitrogens with zero attached hydrogens (tertiary/aromatic N) is 2. The maximum absolute atomic E-state index is 14.7. The lowest BCUT2D eigenvalue weighted by Crippen LogP contribution is -1.98. The third-order valence-electron chi connectivity index (χ3n) is 4.50. The summed E-state index contributed by atoms with van der Waals surface area (Å²) in [6.45, 7) is 5.73. The van der Waals surface area contributed by atoms with E-state index < -0.39 is 0 Å². The van der Waals surface area contributed by atoms with Crippen molar-refractivity contribution in [2.24, 2.45) is 0 Å². The SMILES string of the molecule is C=CCOc1ncc2cc(-c3ccc(/C=C/CCCC(C)O)cc3F)ccc2n1. The van der Waals surface area contributed by atoms with Gasteiger partial charge in [-0.3, -0.25) is 0 Å². The lowest BCUT2D eigenvalue weighted by molar-refractivity contribution is 0.182. The Balaban J connectivity index is 1.75. The number of aromatic nitrogens is 2. The highest BCUT2D eigenvalue weighted by Gasteiger charge is 2.08. The Morgan fingerprint density at radius 1 is 1.24 bits per heavy atom. The topological polar surface area (TPSA) is 55.2 Å². The minimum atomic E-state index is -0.279. The molecule has 3 rings (SSSR count). The standard InChI is InChI=1S/C24H25FN2O2/c1-3-13-29-24-26-16-20-15-19(10-12-23(20)27-24)21-11-9-18(14-22(21)25)8-6-4-5-7-17(2)28/h3,6,8-12,14-17,28H,1,4-5,7,13H2,2H3/b8-6+. The number of hydrogen-bond donors (Lipinski definition) is 1. The van der Waals surface area contributed by atoms with E-state index in [9.17, 15) is 9.50 Å². The second-order valence-corrected chi connectivity index (χ2v) is 6.95. The van der Waals surface area contributed by atoms with Crippen LogP contribution < -0.4 is 4.74 Å². The van der Waals surface area contributed by atoms with Gasteiger partial charge in [-0.25, -0.2) is 9.37 Å². The summed E-state index contributed by atoms with van der Waals surface area (Å²) in [4.78, 5) is 8.52. The third-order valence-corrected chi connectivity index (χ3v) is 4.50. The van der Waals surface area contributed by atoms with Gasteiger partial charge in [0.05, 0.1) is 11.6 Å². The quantitative estimate of drug-likeness (QED) is 0.382. The zero-order chi connectivity index (χ0) is 20.6. The molecule has 2 aromatic carbocycles. The Labute approximate surface area is 170 Å². The molecule has 29 heavy (non-hydrogen) atoms. The zero-order valence-corrected chi connectivity index (χ0v) is 16.5. The van der Waals surface area contributed by atoms with Crippen molar-refractivity contribution in [3.63, 3.8) is 0 Å². The number of unbranched alkanes of at least 4 members (excludes halogenated alkanes) is 1. The normalized spacial score (nSPS) is 12.4. The van der Waals surface area contributed by atoms with Gasteiger partial charge in [-0.1, -0.05) is 43.0 Å².